The summed E-state index contributed by atoms with van der Waals surface area (Å²) in [4.78, 5) is 27.3. The van der Waals surface area contributed by atoms with Crippen molar-refractivity contribution in [1.82, 2.24) is 14.8 Å². The van der Waals surface area contributed by atoms with Crippen molar-refractivity contribution in [2.45, 2.75) is 32.2 Å². The lowest BCUT2D eigenvalue weighted by Crippen LogP contribution is -2.29. The van der Waals surface area contributed by atoms with Crippen LogP contribution in [0.2, 0.25) is 0 Å². The molecule has 7 nitrogen and oxygen atoms in total. The van der Waals surface area contributed by atoms with Crippen molar-refractivity contribution < 1.29 is 19.0 Å². The molecule has 0 spiro atoms. The van der Waals surface area contributed by atoms with Gasteiger partial charge in [0, 0.05) is 35.5 Å². The average molecular weight is 451 g/mol. The Labute approximate surface area is 190 Å². The first kappa shape index (κ1) is 22.8. The van der Waals surface area contributed by atoms with Crippen LogP contribution in [0, 0.1) is 17.8 Å². The third-order valence-corrected chi connectivity index (χ3v) is 6.06. The highest BCUT2D eigenvalue weighted by Gasteiger charge is 2.23. The van der Waals surface area contributed by atoms with Crippen LogP contribution in [0.5, 0.6) is 0 Å². The van der Waals surface area contributed by atoms with Gasteiger partial charge in [0.15, 0.2) is 0 Å². The largest absolute Gasteiger partial charge is 0.480 e. The van der Waals surface area contributed by atoms with Crippen LogP contribution in [-0.2, 0) is 16.1 Å². The van der Waals surface area contributed by atoms with E-state index in [-0.39, 0.29) is 12.2 Å². The third-order valence-electron chi connectivity index (χ3n) is 6.06. The molecule has 2 heterocycles. The van der Waals surface area contributed by atoms with E-state index in [4.69, 9.17) is 14.9 Å². The SMILES string of the molecule is O=C(O)COC[C@H]1CC[C@@H](Cn2nc(-c3ccccc3)c(-c3ccc(F)nc3)cc2=O)CC1. The Morgan fingerprint density at radius 1 is 1.06 bits per heavy atom. The first-order valence-corrected chi connectivity index (χ1v) is 11.1. The number of hydrogen-bond acceptors (Lipinski definition) is 5. The van der Waals surface area contributed by atoms with Gasteiger partial charge in [0.1, 0.15) is 6.61 Å². The molecule has 1 aromatic carbocycles. The standard InChI is InChI=1S/C25H26FN3O4/c26-22-11-10-20(13-27-22)21-12-23(30)29(28-25(21)19-4-2-1-3-5-19)14-17-6-8-18(9-7-17)15-33-16-24(31)32/h1-5,10-13,17-18H,6-9,14-16H2,(H,31,32)/t17-,18+. The monoisotopic (exact) mass is 451 g/mol. The molecular formula is C25H26FN3O4. The van der Waals surface area contributed by atoms with Crippen LogP contribution in [-0.4, -0.2) is 39.1 Å². The molecule has 3 aromatic rings. The van der Waals surface area contributed by atoms with Gasteiger partial charge in [-0.15, -0.1) is 0 Å². The van der Waals surface area contributed by atoms with Crippen molar-refractivity contribution in [3.63, 3.8) is 0 Å². The van der Waals surface area contributed by atoms with Crippen LogP contribution in [0.25, 0.3) is 22.4 Å². The van der Waals surface area contributed by atoms with E-state index in [1.807, 2.05) is 30.3 Å². The van der Waals surface area contributed by atoms with Crippen molar-refractivity contribution in [1.29, 1.82) is 0 Å². The molecule has 0 aliphatic heterocycles. The summed E-state index contributed by atoms with van der Waals surface area (Å²) >= 11 is 0. The number of carboxylic acids is 1. The number of nitrogens with zero attached hydrogens (tertiary/aromatic N) is 3. The number of benzene rings is 1. The summed E-state index contributed by atoms with van der Waals surface area (Å²) in [6.07, 6.45) is 5.14. The van der Waals surface area contributed by atoms with Gasteiger partial charge in [-0.25, -0.2) is 14.5 Å². The summed E-state index contributed by atoms with van der Waals surface area (Å²) in [6, 6.07) is 14.0. The number of pyridine rings is 1. The average Bonchev–Trinajstić information content (AvgIpc) is 2.82. The maximum atomic E-state index is 13.3. The second-order valence-electron chi connectivity index (χ2n) is 8.46. The van der Waals surface area contributed by atoms with Crippen molar-refractivity contribution in [3.8, 4) is 22.4 Å². The summed E-state index contributed by atoms with van der Waals surface area (Å²) in [5.41, 5.74) is 2.56. The van der Waals surface area contributed by atoms with Crippen LogP contribution < -0.4 is 5.56 Å². The minimum Gasteiger partial charge on any atom is -0.480 e. The molecule has 0 bridgehead atoms. The van der Waals surface area contributed by atoms with Gasteiger partial charge in [-0.05, 0) is 49.7 Å². The number of halogens is 1. The Morgan fingerprint density at radius 3 is 2.45 bits per heavy atom. The Morgan fingerprint density at radius 2 is 1.79 bits per heavy atom. The van der Waals surface area contributed by atoms with Crippen molar-refractivity contribution in [2.75, 3.05) is 13.2 Å². The van der Waals surface area contributed by atoms with E-state index in [1.165, 1.54) is 16.9 Å². The number of hydrogen-bond donors (Lipinski definition) is 1. The highest BCUT2D eigenvalue weighted by Crippen LogP contribution is 2.31. The molecule has 33 heavy (non-hydrogen) atoms. The van der Waals surface area contributed by atoms with Gasteiger partial charge in [-0.2, -0.15) is 9.49 Å². The predicted octanol–water partition coefficient (Wildman–Crippen LogP) is 4.02. The minimum absolute atomic E-state index is 0.207. The van der Waals surface area contributed by atoms with E-state index >= 15 is 0 Å². The number of aliphatic carboxylic acids is 1. The zero-order chi connectivity index (χ0) is 23.2. The summed E-state index contributed by atoms with van der Waals surface area (Å²) < 4.78 is 20.1. The van der Waals surface area contributed by atoms with Crippen LogP contribution in [0.3, 0.4) is 0 Å². The molecule has 4 rings (SSSR count). The Bertz CT molecular complexity index is 1140. The number of carbonyl (C=O) groups is 1. The fourth-order valence-corrected chi connectivity index (χ4v) is 4.32. The van der Waals surface area contributed by atoms with E-state index in [0.29, 0.717) is 41.8 Å². The fraction of sp³-hybridized carbons (Fsp3) is 0.360. The van der Waals surface area contributed by atoms with Crippen LogP contribution in [0.15, 0.2) is 59.5 Å². The Balaban J connectivity index is 1.53. The smallest absolute Gasteiger partial charge is 0.329 e. The van der Waals surface area contributed by atoms with Gasteiger partial charge in [0.2, 0.25) is 5.95 Å². The molecule has 0 radical (unpaired) electrons. The maximum Gasteiger partial charge on any atom is 0.329 e. The molecule has 2 aromatic heterocycles. The Hall–Kier alpha value is -3.39. The first-order chi connectivity index (χ1) is 16.0. The first-order valence-electron chi connectivity index (χ1n) is 11.1. The van der Waals surface area contributed by atoms with Gasteiger partial charge in [0.05, 0.1) is 12.3 Å². The number of carboxylic acid groups (broad SMARTS) is 1. The number of aromatic nitrogens is 3. The fourth-order valence-electron chi connectivity index (χ4n) is 4.32. The van der Waals surface area contributed by atoms with Crippen molar-refractivity contribution >= 4 is 5.97 Å². The quantitative estimate of drug-likeness (QED) is 0.520. The highest BCUT2D eigenvalue weighted by atomic mass is 19.1. The van der Waals surface area contributed by atoms with E-state index in [2.05, 4.69) is 4.98 Å². The van der Waals surface area contributed by atoms with Gasteiger partial charge >= 0.3 is 5.97 Å². The number of ether oxygens (including phenoxy) is 1. The lowest BCUT2D eigenvalue weighted by molar-refractivity contribution is -0.142. The summed E-state index contributed by atoms with van der Waals surface area (Å²) in [5.74, 6) is -0.875. The molecule has 1 fully saturated rings. The van der Waals surface area contributed by atoms with Gasteiger partial charge < -0.3 is 9.84 Å². The van der Waals surface area contributed by atoms with Gasteiger partial charge in [-0.3, -0.25) is 4.79 Å². The van der Waals surface area contributed by atoms with E-state index < -0.39 is 11.9 Å². The molecule has 1 aliphatic carbocycles. The lowest BCUT2D eigenvalue weighted by Gasteiger charge is -2.28. The van der Waals surface area contributed by atoms with Gasteiger partial charge in [-0.1, -0.05) is 30.3 Å². The molecule has 0 unspecified atom stereocenters. The third kappa shape index (κ3) is 5.90. The highest BCUT2D eigenvalue weighted by molar-refractivity contribution is 5.79. The van der Waals surface area contributed by atoms with Crippen molar-refractivity contribution in [3.05, 3.63) is 71.0 Å². The van der Waals surface area contributed by atoms with E-state index in [9.17, 15) is 14.0 Å². The van der Waals surface area contributed by atoms with Crippen LogP contribution in [0.1, 0.15) is 25.7 Å². The second-order valence-corrected chi connectivity index (χ2v) is 8.46. The molecular weight excluding hydrogens is 425 g/mol. The molecule has 172 valence electrons. The molecule has 1 aliphatic rings. The molecule has 1 N–H and O–H groups in total. The van der Waals surface area contributed by atoms with Gasteiger partial charge in [0.25, 0.3) is 5.56 Å². The minimum atomic E-state index is -0.955. The zero-order valence-corrected chi connectivity index (χ0v) is 18.2. The van der Waals surface area contributed by atoms with Crippen molar-refractivity contribution in [2.24, 2.45) is 11.8 Å². The van der Waals surface area contributed by atoms with E-state index in [0.717, 1.165) is 31.2 Å². The van der Waals surface area contributed by atoms with Crippen LogP contribution >= 0.6 is 0 Å². The summed E-state index contributed by atoms with van der Waals surface area (Å²) in [7, 11) is 0. The summed E-state index contributed by atoms with van der Waals surface area (Å²) in [6.45, 7) is 0.705. The van der Waals surface area contributed by atoms with E-state index in [1.54, 1.807) is 12.1 Å². The normalized spacial score (nSPS) is 18.2. The number of rotatable bonds is 8. The topological polar surface area (TPSA) is 94.3 Å². The maximum absolute atomic E-state index is 13.3. The van der Waals surface area contributed by atoms with Crippen LogP contribution in [0.4, 0.5) is 4.39 Å². The predicted molar refractivity (Wildman–Crippen MR) is 121 cm³/mol. The lowest BCUT2D eigenvalue weighted by atomic mass is 9.82. The second kappa shape index (κ2) is 10.5. The molecule has 0 atom stereocenters. The molecule has 8 heteroatoms. The summed E-state index contributed by atoms with van der Waals surface area (Å²) in [5, 5.41) is 13.4. The molecule has 0 amide bonds. The Kier molecular flexibility index (Phi) is 7.24. The molecule has 0 saturated heterocycles. The zero-order valence-electron chi connectivity index (χ0n) is 18.2. The molecule has 1 saturated carbocycles.